The molecule has 6 heteroatoms. The molecule has 0 bridgehead atoms. The number of carbonyl (C=O) groups excluding carboxylic acids is 1. The number of aliphatic hydroxyl groups is 1. The topological polar surface area (TPSA) is 67.6 Å². The van der Waals surface area contributed by atoms with Crippen molar-refractivity contribution in [3.8, 4) is 5.75 Å². The van der Waals surface area contributed by atoms with Crippen molar-refractivity contribution >= 4 is 22.6 Å². The lowest BCUT2D eigenvalue weighted by Gasteiger charge is -2.20. The van der Waals surface area contributed by atoms with Crippen LogP contribution in [-0.4, -0.2) is 39.8 Å². The zero-order valence-corrected chi connectivity index (χ0v) is 20.4. The summed E-state index contributed by atoms with van der Waals surface area (Å²) in [5, 5.41) is 10.9. The molecule has 6 nitrogen and oxygen atoms in total. The summed E-state index contributed by atoms with van der Waals surface area (Å²) in [6, 6.07) is 21.9. The molecule has 1 aromatic heterocycles. The molecule has 1 aliphatic rings. The van der Waals surface area contributed by atoms with Gasteiger partial charge in [-0.1, -0.05) is 36.4 Å². The number of benzene rings is 3. The Balaban J connectivity index is 1.39. The van der Waals surface area contributed by atoms with Crippen LogP contribution in [0.15, 0.2) is 66.7 Å². The molecule has 1 amide bonds. The molecular formula is C29H31N3O3. The van der Waals surface area contributed by atoms with Crippen LogP contribution in [0.3, 0.4) is 0 Å². The monoisotopic (exact) mass is 469 g/mol. The van der Waals surface area contributed by atoms with Crippen LogP contribution < -0.4 is 9.64 Å². The Bertz CT molecular complexity index is 1360. The number of rotatable bonds is 7. The van der Waals surface area contributed by atoms with Crippen molar-refractivity contribution < 1.29 is 14.6 Å². The number of aliphatic hydroxyl groups excluding tert-OH is 1. The van der Waals surface area contributed by atoms with Gasteiger partial charge in [-0.15, -0.1) is 0 Å². The lowest BCUT2D eigenvalue weighted by Crippen LogP contribution is -2.27. The van der Waals surface area contributed by atoms with Crippen molar-refractivity contribution in [1.82, 2.24) is 9.55 Å². The van der Waals surface area contributed by atoms with E-state index >= 15 is 0 Å². The number of anilines is 1. The van der Waals surface area contributed by atoms with Gasteiger partial charge < -0.3 is 19.3 Å². The summed E-state index contributed by atoms with van der Waals surface area (Å²) < 4.78 is 7.97. The number of aryl methyl sites for hydroxylation is 3. The number of para-hydroxylation sites is 3. The summed E-state index contributed by atoms with van der Waals surface area (Å²) in [5.41, 5.74) is 6.10. The molecule has 180 valence electrons. The molecule has 4 aromatic rings. The molecular weight excluding hydrogens is 438 g/mol. The number of nitrogens with zero attached hydrogens (tertiary/aromatic N) is 3. The average molecular weight is 470 g/mol. The Morgan fingerprint density at radius 2 is 1.74 bits per heavy atom. The van der Waals surface area contributed by atoms with Crippen LogP contribution in [-0.2, 0) is 11.3 Å². The van der Waals surface area contributed by atoms with Crippen LogP contribution in [0.1, 0.15) is 34.9 Å². The van der Waals surface area contributed by atoms with Crippen molar-refractivity contribution in [3.63, 3.8) is 0 Å². The van der Waals surface area contributed by atoms with Crippen LogP contribution in [0.4, 0.5) is 5.69 Å². The molecule has 0 unspecified atom stereocenters. The summed E-state index contributed by atoms with van der Waals surface area (Å²) in [6.45, 7) is 7.18. The number of carbonyl (C=O) groups is 1. The molecule has 5 rings (SSSR count). The van der Waals surface area contributed by atoms with E-state index in [0.717, 1.165) is 45.0 Å². The molecule has 0 spiro atoms. The molecule has 0 radical (unpaired) electrons. The van der Waals surface area contributed by atoms with E-state index in [9.17, 15) is 9.90 Å². The third-order valence-electron chi connectivity index (χ3n) is 6.61. The molecule has 0 saturated carbocycles. The number of imidazole rings is 1. The number of aromatic nitrogens is 2. The fraction of sp³-hybridized carbons (Fsp3) is 0.310. The van der Waals surface area contributed by atoms with Gasteiger partial charge in [0.1, 0.15) is 24.3 Å². The number of fused-ring (bicyclic) bond motifs is 1. The first-order valence-corrected chi connectivity index (χ1v) is 12.1. The predicted octanol–water partition coefficient (Wildman–Crippen LogP) is 4.92. The van der Waals surface area contributed by atoms with E-state index in [4.69, 9.17) is 9.72 Å². The van der Waals surface area contributed by atoms with Crippen molar-refractivity contribution in [1.29, 1.82) is 0 Å². The normalized spacial score (nSPS) is 16.7. The second kappa shape index (κ2) is 9.55. The Morgan fingerprint density at radius 1 is 1.03 bits per heavy atom. The van der Waals surface area contributed by atoms with E-state index in [2.05, 4.69) is 10.6 Å². The van der Waals surface area contributed by atoms with Crippen molar-refractivity contribution in [2.45, 2.75) is 45.8 Å². The van der Waals surface area contributed by atoms with Crippen LogP contribution in [0.5, 0.6) is 5.75 Å². The molecule has 2 atom stereocenters. The summed E-state index contributed by atoms with van der Waals surface area (Å²) >= 11 is 0. The highest BCUT2D eigenvalue weighted by Gasteiger charge is 2.35. The highest BCUT2D eigenvalue weighted by Crippen LogP contribution is 2.34. The van der Waals surface area contributed by atoms with E-state index in [1.165, 1.54) is 0 Å². The fourth-order valence-electron chi connectivity index (χ4n) is 5.05. The number of amides is 1. The minimum absolute atomic E-state index is 0.0537. The first-order valence-electron chi connectivity index (χ1n) is 12.1. The largest absolute Gasteiger partial charge is 0.491 e. The number of hydrogen-bond donors (Lipinski definition) is 1. The lowest BCUT2D eigenvalue weighted by atomic mass is 10.1. The van der Waals surface area contributed by atoms with Crippen molar-refractivity contribution in [2.24, 2.45) is 0 Å². The molecule has 35 heavy (non-hydrogen) atoms. The first-order chi connectivity index (χ1) is 16.9. The molecule has 1 aliphatic heterocycles. The summed E-state index contributed by atoms with van der Waals surface area (Å²) in [7, 11) is 0. The maximum atomic E-state index is 13.0. The van der Waals surface area contributed by atoms with Gasteiger partial charge in [0, 0.05) is 24.6 Å². The maximum Gasteiger partial charge on any atom is 0.227 e. The molecule has 1 fully saturated rings. The lowest BCUT2D eigenvalue weighted by molar-refractivity contribution is -0.117. The fourth-order valence-corrected chi connectivity index (χ4v) is 5.05. The first kappa shape index (κ1) is 23.1. The standard InChI is InChI=1S/C29H31N3O3/c1-19-12-20(2)14-24(13-19)35-18-23(33)17-32-27-11-7-5-9-25(27)30-29(32)22-15-28(34)31(16-22)26-10-6-4-8-21(26)3/h4-14,22-23,33H,15-18H2,1-3H3/t22-,23+/m0/s1. The van der Waals surface area contributed by atoms with E-state index in [1.807, 2.05) is 86.3 Å². The minimum Gasteiger partial charge on any atom is -0.491 e. The SMILES string of the molecule is Cc1cc(C)cc(OC[C@H](O)Cn2c([C@H]3CC(=O)N(c4ccccc4C)C3)nc3ccccc32)c1. The van der Waals surface area contributed by atoms with Gasteiger partial charge in [-0.05, 0) is 67.8 Å². The van der Waals surface area contributed by atoms with E-state index in [0.29, 0.717) is 19.5 Å². The van der Waals surface area contributed by atoms with E-state index in [1.54, 1.807) is 0 Å². The Labute approximate surface area is 205 Å². The van der Waals surface area contributed by atoms with E-state index < -0.39 is 6.10 Å². The van der Waals surface area contributed by atoms with Crippen molar-refractivity contribution in [2.75, 3.05) is 18.1 Å². The molecule has 0 aliphatic carbocycles. The molecule has 2 heterocycles. The number of ether oxygens (including phenoxy) is 1. The molecule has 1 N–H and O–H groups in total. The summed E-state index contributed by atoms with van der Waals surface area (Å²) in [5.74, 6) is 1.64. The Morgan fingerprint density at radius 3 is 2.51 bits per heavy atom. The zero-order chi connectivity index (χ0) is 24.5. The molecule has 3 aromatic carbocycles. The Hall–Kier alpha value is -3.64. The summed E-state index contributed by atoms with van der Waals surface area (Å²) in [4.78, 5) is 19.8. The second-order valence-electron chi connectivity index (χ2n) is 9.55. The summed E-state index contributed by atoms with van der Waals surface area (Å²) in [6.07, 6.45) is -0.330. The van der Waals surface area contributed by atoms with Gasteiger partial charge in [0.2, 0.25) is 5.91 Å². The molecule has 1 saturated heterocycles. The van der Waals surface area contributed by atoms with E-state index in [-0.39, 0.29) is 18.4 Å². The van der Waals surface area contributed by atoms with Gasteiger partial charge in [0.25, 0.3) is 0 Å². The second-order valence-corrected chi connectivity index (χ2v) is 9.55. The third kappa shape index (κ3) is 4.80. The van der Waals surface area contributed by atoms with Gasteiger partial charge in [-0.3, -0.25) is 4.79 Å². The van der Waals surface area contributed by atoms with Crippen molar-refractivity contribution in [3.05, 3.63) is 89.2 Å². The smallest absolute Gasteiger partial charge is 0.227 e. The zero-order valence-electron chi connectivity index (χ0n) is 20.4. The van der Waals surface area contributed by atoms with Crippen LogP contribution >= 0.6 is 0 Å². The average Bonchev–Trinajstić information content (AvgIpc) is 3.38. The highest BCUT2D eigenvalue weighted by molar-refractivity contribution is 5.97. The number of hydrogen-bond acceptors (Lipinski definition) is 4. The van der Waals surface area contributed by atoms with Gasteiger partial charge in [-0.2, -0.15) is 0 Å². The predicted molar refractivity (Wildman–Crippen MR) is 138 cm³/mol. The van der Waals surface area contributed by atoms with Gasteiger partial charge >= 0.3 is 0 Å². The van der Waals surface area contributed by atoms with Gasteiger partial charge in [-0.25, -0.2) is 4.98 Å². The Kier molecular flexibility index (Phi) is 6.31. The van der Waals surface area contributed by atoms with Crippen LogP contribution in [0.25, 0.3) is 11.0 Å². The van der Waals surface area contributed by atoms with Crippen LogP contribution in [0.2, 0.25) is 0 Å². The van der Waals surface area contributed by atoms with Gasteiger partial charge in [0.05, 0.1) is 17.6 Å². The van der Waals surface area contributed by atoms with Crippen LogP contribution in [0, 0.1) is 20.8 Å². The minimum atomic E-state index is -0.725. The maximum absolute atomic E-state index is 13.0. The van der Waals surface area contributed by atoms with Gasteiger partial charge in [0.15, 0.2) is 0 Å². The third-order valence-corrected chi connectivity index (χ3v) is 6.61. The quantitative estimate of drug-likeness (QED) is 0.417. The highest BCUT2D eigenvalue weighted by atomic mass is 16.5.